The fraction of sp³-hybridized carbons (Fsp3) is 0.308. The van der Waals surface area contributed by atoms with E-state index < -0.39 is 11.7 Å². The SMILES string of the molecule is COc1cc2c(c(C(F)(F)F)c1)-c1[nH]ncc1CC2. The van der Waals surface area contributed by atoms with E-state index in [9.17, 15) is 13.2 Å². The van der Waals surface area contributed by atoms with Crippen LogP contribution in [0, 0.1) is 0 Å². The summed E-state index contributed by atoms with van der Waals surface area (Å²) >= 11 is 0. The van der Waals surface area contributed by atoms with Gasteiger partial charge in [0, 0.05) is 5.56 Å². The lowest BCUT2D eigenvalue weighted by Gasteiger charge is -2.21. The molecular weight excluding hydrogens is 257 g/mol. The number of aromatic amines is 1. The van der Waals surface area contributed by atoms with E-state index in [2.05, 4.69) is 10.2 Å². The summed E-state index contributed by atoms with van der Waals surface area (Å²) in [5.74, 6) is 0.231. The molecule has 0 aliphatic heterocycles. The predicted molar refractivity (Wildman–Crippen MR) is 63.0 cm³/mol. The molecule has 1 aliphatic carbocycles. The van der Waals surface area contributed by atoms with E-state index in [0.717, 1.165) is 11.6 Å². The van der Waals surface area contributed by atoms with Crippen molar-refractivity contribution in [3.63, 3.8) is 0 Å². The van der Waals surface area contributed by atoms with Crippen molar-refractivity contribution in [1.82, 2.24) is 10.2 Å². The topological polar surface area (TPSA) is 37.9 Å². The van der Waals surface area contributed by atoms with Crippen LogP contribution in [0.4, 0.5) is 13.2 Å². The minimum atomic E-state index is -4.42. The highest BCUT2D eigenvalue weighted by atomic mass is 19.4. The van der Waals surface area contributed by atoms with Crippen molar-refractivity contribution in [2.24, 2.45) is 0 Å². The number of hydrogen-bond donors (Lipinski definition) is 1. The van der Waals surface area contributed by atoms with E-state index in [0.29, 0.717) is 24.1 Å². The summed E-state index contributed by atoms with van der Waals surface area (Å²) in [6.45, 7) is 0. The quantitative estimate of drug-likeness (QED) is 0.862. The van der Waals surface area contributed by atoms with Crippen LogP contribution in [0.25, 0.3) is 11.3 Å². The molecule has 2 aromatic rings. The van der Waals surface area contributed by atoms with Gasteiger partial charge in [0.15, 0.2) is 0 Å². The van der Waals surface area contributed by atoms with Crippen molar-refractivity contribution in [3.05, 3.63) is 35.0 Å². The van der Waals surface area contributed by atoms with Gasteiger partial charge in [-0.25, -0.2) is 0 Å². The molecule has 0 bridgehead atoms. The van der Waals surface area contributed by atoms with E-state index in [1.165, 1.54) is 7.11 Å². The lowest BCUT2D eigenvalue weighted by Crippen LogP contribution is -2.13. The fourth-order valence-corrected chi connectivity index (χ4v) is 2.49. The van der Waals surface area contributed by atoms with Gasteiger partial charge in [0.05, 0.1) is 24.6 Å². The van der Waals surface area contributed by atoms with Crippen LogP contribution in [0.5, 0.6) is 5.75 Å². The van der Waals surface area contributed by atoms with Crippen LogP contribution in [0.15, 0.2) is 18.3 Å². The maximum Gasteiger partial charge on any atom is 0.417 e. The molecule has 1 N–H and O–H groups in total. The van der Waals surface area contributed by atoms with Gasteiger partial charge in [-0.15, -0.1) is 0 Å². The zero-order valence-corrected chi connectivity index (χ0v) is 10.1. The minimum Gasteiger partial charge on any atom is -0.497 e. The summed E-state index contributed by atoms with van der Waals surface area (Å²) in [7, 11) is 1.37. The number of fused-ring (bicyclic) bond motifs is 3. The minimum absolute atomic E-state index is 0.201. The summed E-state index contributed by atoms with van der Waals surface area (Å²) in [5.41, 5.74) is 1.46. The van der Waals surface area contributed by atoms with Gasteiger partial charge in [-0.1, -0.05) is 0 Å². The van der Waals surface area contributed by atoms with Crippen LogP contribution in [-0.4, -0.2) is 17.3 Å². The van der Waals surface area contributed by atoms with E-state index in [1.807, 2.05) is 0 Å². The Morgan fingerprint density at radius 1 is 1.21 bits per heavy atom. The van der Waals surface area contributed by atoms with Crippen molar-refractivity contribution in [1.29, 1.82) is 0 Å². The molecule has 3 nitrogen and oxygen atoms in total. The highest BCUT2D eigenvalue weighted by Crippen LogP contribution is 2.44. The molecule has 0 radical (unpaired) electrons. The third-order valence-corrected chi connectivity index (χ3v) is 3.37. The van der Waals surface area contributed by atoms with Crippen LogP contribution in [-0.2, 0) is 19.0 Å². The van der Waals surface area contributed by atoms with Crippen molar-refractivity contribution in [2.45, 2.75) is 19.0 Å². The molecule has 0 spiro atoms. The molecule has 0 saturated heterocycles. The Labute approximate surface area is 107 Å². The van der Waals surface area contributed by atoms with Crippen LogP contribution in [0.1, 0.15) is 16.7 Å². The van der Waals surface area contributed by atoms with Crippen LogP contribution >= 0.6 is 0 Å². The highest BCUT2D eigenvalue weighted by Gasteiger charge is 2.37. The first-order valence-corrected chi connectivity index (χ1v) is 5.81. The lowest BCUT2D eigenvalue weighted by molar-refractivity contribution is -0.137. The number of H-pyrrole nitrogens is 1. The van der Waals surface area contributed by atoms with Crippen molar-refractivity contribution in [2.75, 3.05) is 7.11 Å². The van der Waals surface area contributed by atoms with Gasteiger partial charge >= 0.3 is 6.18 Å². The third kappa shape index (κ3) is 1.87. The number of methoxy groups -OCH3 is 1. The number of ether oxygens (including phenoxy) is 1. The molecule has 0 unspecified atom stereocenters. The number of rotatable bonds is 1. The first-order chi connectivity index (χ1) is 9.00. The van der Waals surface area contributed by atoms with Crippen LogP contribution in [0.2, 0.25) is 0 Å². The van der Waals surface area contributed by atoms with Gasteiger partial charge in [-0.3, -0.25) is 5.10 Å². The Morgan fingerprint density at radius 2 is 1.95 bits per heavy atom. The van der Waals surface area contributed by atoms with Gasteiger partial charge in [0.25, 0.3) is 0 Å². The lowest BCUT2D eigenvalue weighted by atomic mass is 9.87. The average Bonchev–Trinajstić information content (AvgIpc) is 2.84. The van der Waals surface area contributed by atoms with Crippen molar-refractivity contribution >= 4 is 0 Å². The third-order valence-electron chi connectivity index (χ3n) is 3.37. The summed E-state index contributed by atoms with van der Waals surface area (Å²) in [6, 6.07) is 2.70. The Hall–Kier alpha value is -1.98. The van der Waals surface area contributed by atoms with E-state index in [1.54, 1.807) is 12.3 Å². The Bertz CT molecular complexity index is 631. The fourth-order valence-electron chi connectivity index (χ4n) is 2.49. The number of aromatic nitrogens is 2. The summed E-state index contributed by atoms with van der Waals surface area (Å²) < 4.78 is 44.6. The van der Waals surface area contributed by atoms with E-state index in [-0.39, 0.29) is 11.3 Å². The predicted octanol–water partition coefficient (Wildman–Crippen LogP) is 3.20. The van der Waals surface area contributed by atoms with E-state index >= 15 is 0 Å². The molecule has 0 atom stereocenters. The van der Waals surface area contributed by atoms with Crippen molar-refractivity contribution in [3.8, 4) is 17.0 Å². The van der Waals surface area contributed by atoms with Gasteiger partial charge in [0.1, 0.15) is 5.75 Å². The first kappa shape index (κ1) is 12.1. The smallest absolute Gasteiger partial charge is 0.417 e. The number of alkyl halides is 3. The zero-order chi connectivity index (χ0) is 13.6. The monoisotopic (exact) mass is 268 g/mol. The summed E-state index contributed by atoms with van der Waals surface area (Å²) in [6.07, 6.45) is -1.59. The number of hydrogen-bond acceptors (Lipinski definition) is 2. The van der Waals surface area contributed by atoms with Gasteiger partial charge in [-0.05, 0) is 36.1 Å². The first-order valence-electron chi connectivity index (χ1n) is 5.81. The molecule has 100 valence electrons. The second-order valence-electron chi connectivity index (χ2n) is 4.48. The zero-order valence-electron chi connectivity index (χ0n) is 10.1. The van der Waals surface area contributed by atoms with Gasteiger partial charge in [-0.2, -0.15) is 18.3 Å². The maximum absolute atomic E-state index is 13.2. The van der Waals surface area contributed by atoms with E-state index in [4.69, 9.17) is 4.74 Å². The van der Waals surface area contributed by atoms with Crippen LogP contribution < -0.4 is 4.74 Å². The number of benzene rings is 1. The second-order valence-corrected chi connectivity index (χ2v) is 4.48. The molecule has 1 heterocycles. The molecule has 1 aromatic heterocycles. The number of nitrogens with zero attached hydrogens (tertiary/aromatic N) is 1. The maximum atomic E-state index is 13.2. The molecule has 6 heteroatoms. The molecule has 1 aromatic carbocycles. The number of aryl methyl sites for hydroxylation is 2. The number of nitrogens with one attached hydrogen (secondary N) is 1. The van der Waals surface area contributed by atoms with Crippen molar-refractivity contribution < 1.29 is 17.9 Å². The summed E-state index contributed by atoms with van der Waals surface area (Å²) in [4.78, 5) is 0. The number of halogens is 3. The molecule has 0 fully saturated rings. The normalized spacial score (nSPS) is 13.9. The molecule has 19 heavy (non-hydrogen) atoms. The molecule has 0 saturated carbocycles. The molecular formula is C13H11F3N2O. The highest BCUT2D eigenvalue weighted by molar-refractivity contribution is 5.74. The second kappa shape index (κ2) is 4.01. The average molecular weight is 268 g/mol. The summed E-state index contributed by atoms with van der Waals surface area (Å²) in [5, 5.41) is 6.52. The van der Waals surface area contributed by atoms with Gasteiger partial charge < -0.3 is 4.74 Å². The Kier molecular flexibility index (Phi) is 2.55. The standard InChI is InChI=1S/C13H11F3N2O/c1-19-9-4-7-2-3-8-6-17-18-12(8)11(7)10(5-9)13(14,15)16/h4-6H,2-3H2,1H3,(H,17,18). The molecule has 1 aliphatic rings. The Balaban J connectivity index is 2.31. The van der Waals surface area contributed by atoms with Crippen LogP contribution in [0.3, 0.4) is 0 Å². The Morgan fingerprint density at radius 3 is 2.63 bits per heavy atom. The molecule has 3 rings (SSSR count). The largest absolute Gasteiger partial charge is 0.497 e. The molecule has 0 amide bonds. The van der Waals surface area contributed by atoms with Gasteiger partial charge in [0.2, 0.25) is 0 Å².